The molecule has 122 valence electrons. The fourth-order valence-electron chi connectivity index (χ4n) is 2.39. The Morgan fingerprint density at radius 1 is 1.17 bits per heavy atom. The van der Waals surface area contributed by atoms with E-state index in [1.165, 1.54) is 0 Å². The molecule has 0 fully saturated rings. The van der Waals surface area contributed by atoms with Crippen LogP contribution in [0.15, 0.2) is 42.5 Å². The van der Waals surface area contributed by atoms with E-state index in [9.17, 15) is 4.79 Å². The molecule has 0 spiro atoms. The number of amides is 1. The third-order valence-corrected chi connectivity index (χ3v) is 3.90. The highest BCUT2D eigenvalue weighted by molar-refractivity contribution is 5.82. The lowest BCUT2D eigenvalue weighted by molar-refractivity contribution is -0.122. The van der Waals surface area contributed by atoms with Crippen molar-refractivity contribution in [2.45, 2.75) is 26.3 Å². The van der Waals surface area contributed by atoms with Gasteiger partial charge in [0.15, 0.2) is 0 Å². The first-order valence-electron chi connectivity index (χ1n) is 7.74. The number of nitrogens with two attached hydrogens (primary N) is 1. The number of carbonyl (C=O) groups excluding carboxylic acids is 1. The van der Waals surface area contributed by atoms with E-state index < -0.39 is 6.04 Å². The third kappa shape index (κ3) is 4.57. The molecule has 0 aromatic heterocycles. The van der Waals surface area contributed by atoms with E-state index in [1.807, 2.05) is 56.3 Å². The molecule has 1 unspecified atom stereocenters. The highest BCUT2D eigenvalue weighted by Gasteiger charge is 2.14. The maximum absolute atomic E-state index is 12.1. The monoisotopic (exact) mass is 312 g/mol. The Hall–Kier alpha value is -2.33. The van der Waals surface area contributed by atoms with E-state index in [1.54, 1.807) is 7.11 Å². The summed E-state index contributed by atoms with van der Waals surface area (Å²) in [5.41, 5.74) is 10.2. The molecule has 0 bridgehead atoms. The van der Waals surface area contributed by atoms with Gasteiger partial charge >= 0.3 is 0 Å². The van der Waals surface area contributed by atoms with Gasteiger partial charge in [0.1, 0.15) is 11.8 Å². The van der Waals surface area contributed by atoms with Crippen molar-refractivity contribution >= 4 is 5.91 Å². The number of benzene rings is 2. The zero-order valence-electron chi connectivity index (χ0n) is 13.9. The molecule has 0 saturated carbocycles. The van der Waals surface area contributed by atoms with Crippen LogP contribution in [0.3, 0.4) is 0 Å². The summed E-state index contributed by atoms with van der Waals surface area (Å²) in [6.45, 7) is 4.56. The summed E-state index contributed by atoms with van der Waals surface area (Å²) in [6, 6.07) is 13.1. The van der Waals surface area contributed by atoms with Crippen molar-refractivity contribution in [1.29, 1.82) is 0 Å². The minimum Gasteiger partial charge on any atom is -0.496 e. The van der Waals surface area contributed by atoms with Gasteiger partial charge in [-0.05, 0) is 43.0 Å². The molecule has 0 saturated heterocycles. The standard InChI is InChI=1S/C19H24N2O2/c1-13-4-8-16(9-5-13)18(20)19(22)21-11-10-15-7-6-14(2)17(12-15)23-3/h4-9,12,18H,10-11,20H2,1-3H3,(H,21,22). The van der Waals surface area contributed by atoms with Crippen LogP contribution in [0.25, 0.3) is 0 Å². The van der Waals surface area contributed by atoms with Gasteiger partial charge < -0.3 is 15.8 Å². The van der Waals surface area contributed by atoms with Crippen molar-refractivity contribution in [2.24, 2.45) is 5.73 Å². The van der Waals surface area contributed by atoms with Crippen LogP contribution in [0.5, 0.6) is 5.75 Å². The number of hydrogen-bond donors (Lipinski definition) is 2. The molecule has 3 N–H and O–H groups in total. The first-order valence-corrected chi connectivity index (χ1v) is 7.74. The normalized spacial score (nSPS) is 11.8. The Morgan fingerprint density at radius 2 is 1.87 bits per heavy atom. The average Bonchev–Trinajstić information content (AvgIpc) is 2.56. The van der Waals surface area contributed by atoms with Crippen molar-refractivity contribution in [1.82, 2.24) is 5.32 Å². The van der Waals surface area contributed by atoms with Crippen LogP contribution in [0.1, 0.15) is 28.3 Å². The van der Waals surface area contributed by atoms with Crippen molar-refractivity contribution in [3.8, 4) is 5.75 Å². The van der Waals surface area contributed by atoms with E-state index in [0.29, 0.717) is 6.54 Å². The van der Waals surface area contributed by atoms with Gasteiger partial charge in [0.25, 0.3) is 0 Å². The summed E-state index contributed by atoms with van der Waals surface area (Å²) in [6.07, 6.45) is 0.739. The molecule has 1 atom stereocenters. The van der Waals surface area contributed by atoms with Gasteiger partial charge in [-0.2, -0.15) is 0 Å². The summed E-state index contributed by atoms with van der Waals surface area (Å²) in [5.74, 6) is 0.707. The minimum atomic E-state index is -0.636. The molecule has 2 aromatic carbocycles. The second kappa shape index (κ2) is 7.79. The van der Waals surface area contributed by atoms with Gasteiger partial charge in [0.05, 0.1) is 7.11 Å². The predicted molar refractivity (Wildman–Crippen MR) is 92.6 cm³/mol. The Bertz CT molecular complexity index is 666. The molecule has 2 aromatic rings. The second-order valence-electron chi connectivity index (χ2n) is 5.73. The molecular formula is C19H24N2O2. The molecule has 0 aliphatic carbocycles. The maximum atomic E-state index is 12.1. The van der Waals surface area contributed by atoms with Gasteiger partial charge in [-0.3, -0.25) is 4.79 Å². The summed E-state index contributed by atoms with van der Waals surface area (Å²) in [4.78, 5) is 12.1. The van der Waals surface area contributed by atoms with Gasteiger partial charge in [0, 0.05) is 6.54 Å². The van der Waals surface area contributed by atoms with Crippen molar-refractivity contribution in [2.75, 3.05) is 13.7 Å². The fraction of sp³-hybridized carbons (Fsp3) is 0.316. The predicted octanol–water partition coefficient (Wildman–Crippen LogP) is 2.67. The van der Waals surface area contributed by atoms with E-state index in [0.717, 1.165) is 34.4 Å². The highest BCUT2D eigenvalue weighted by Crippen LogP contribution is 2.19. The van der Waals surface area contributed by atoms with Crippen LogP contribution in [-0.4, -0.2) is 19.6 Å². The zero-order valence-corrected chi connectivity index (χ0v) is 13.9. The summed E-state index contributed by atoms with van der Waals surface area (Å²) in [7, 11) is 1.66. The number of aryl methyl sites for hydroxylation is 2. The largest absolute Gasteiger partial charge is 0.496 e. The molecular weight excluding hydrogens is 288 g/mol. The fourth-order valence-corrected chi connectivity index (χ4v) is 2.39. The Morgan fingerprint density at radius 3 is 2.52 bits per heavy atom. The van der Waals surface area contributed by atoms with Gasteiger partial charge in [-0.1, -0.05) is 42.0 Å². The van der Waals surface area contributed by atoms with Crippen molar-refractivity contribution in [3.63, 3.8) is 0 Å². The van der Waals surface area contributed by atoms with Gasteiger partial charge in [-0.25, -0.2) is 0 Å². The van der Waals surface area contributed by atoms with Crippen LogP contribution in [-0.2, 0) is 11.2 Å². The first-order chi connectivity index (χ1) is 11.0. The molecule has 4 nitrogen and oxygen atoms in total. The van der Waals surface area contributed by atoms with E-state index >= 15 is 0 Å². The first kappa shape index (κ1) is 17.0. The maximum Gasteiger partial charge on any atom is 0.241 e. The Kier molecular flexibility index (Phi) is 5.77. The molecule has 23 heavy (non-hydrogen) atoms. The Labute approximate surface area is 137 Å². The number of hydrogen-bond acceptors (Lipinski definition) is 3. The number of carbonyl (C=O) groups is 1. The molecule has 1 amide bonds. The van der Waals surface area contributed by atoms with Crippen LogP contribution >= 0.6 is 0 Å². The molecule has 0 aliphatic rings. The van der Waals surface area contributed by atoms with E-state index in [4.69, 9.17) is 10.5 Å². The van der Waals surface area contributed by atoms with E-state index in [-0.39, 0.29) is 5.91 Å². The molecule has 0 radical (unpaired) electrons. The van der Waals surface area contributed by atoms with Crippen LogP contribution in [0.4, 0.5) is 0 Å². The molecule has 2 rings (SSSR count). The third-order valence-electron chi connectivity index (χ3n) is 3.90. The smallest absolute Gasteiger partial charge is 0.241 e. The number of rotatable bonds is 6. The Balaban J connectivity index is 1.88. The van der Waals surface area contributed by atoms with Crippen LogP contribution in [0.2, 0.25) is 0 Å². The number of ether oxygens (including phenoxy) is 1. The topological polar surface area (TPSA) is 64.3 Å². The summed E-state index contributed by atoms with van der Waals surface area (Å²) in [5, 5.41) is 2.89. The van der Waals surface area contributed by atoms with Crippen LogP contribution < -0.4 is 15.8 Å². The molecule has 0 heterocycles. The summed E-state index contributed by atoms with van der Waals surface area (Å²) >= 11 is 0. The number of methoxy groups -OCH3 is 1. The van der Waals surface area contributed by atoms with E-state index in [2.05, 4.69) is 5.32 Å². The molecule has 0 aliphatic heterocycles. The summed E-state index contributed by atoms with van der Waals surface area (Å²) < 4.78 is 5.31. The zero-order chi connectivity index (χ0) is 16.8. The average molecular weight is 312 g/mol. The SMILES string of the molecule is COc1cc(CCNC(=O)C(N)c2ccc(C)cc2)ccc1C. The lowest BCUT2D eigenvalue weighted by atomic mass is 10.0. The highest BCUT2D eigenvalue weighted by atomic mass is 16.5. The lowest BCUT2D eigenvalue weighted by Crippen LogP contribution is -2.35. The minimum absolute atomic E-state index is 0.159. The second-order valence-corrected chi connectivity index (χ2v) is 5.73. The van der Waals surface area contributed by atoms with Crippen molar-refractivity contribution in [3.05, 3.63) is 64.7 Å². The van der Waals surface area contributed by atoms with Gasteiger partial charge in [0.2, 0.25) is 5.91 Å². The van der Waals surface area contributed by atoms with Gasteiger partial charge in [-0.15, -0.1) is 0 Å². The lowest BCUT2D eigenvalue weighted by Gasteiger charge is -2.13. The number of nitrogens with one attached hydrogen (secondary N) is 1. The van der Waals surface area contributed by atoms with Crippen molar-refractivity contribution < 1.29 is 9.53 Å². The van der Waals surface area contributed by atoms with Crippen LogP contribution in [0, 0.1) is 13.8 Å². The molecule has 4 heteroatoms. The quantitative estimate of drug-likeness (QED) is 0.862.